The molecule has 0 aliphatic rings. The highest BCUT2D eigenvalue weighted by molar-refractivity contribution is 7.98. The number of rotatable bonds is 16. The third-order valence-corrected chi connectivity index (χ3v) is 6.46. The molecule has 5 unspecified atom stereocenters. The first kappa shape index (κ1) is 30.8. The number of carbonyl (C=O) groups is 4. The van der Waals surface area contributed by atoms with Gasteiger partial charge in [0, 0.05) is 0 Å². The molecule has 5 atom stereocenters. The molecule has 0 aliphatic heterocycles. The van der Waals surface area contributed by atoms with Gasteiger partial charge in [-0.1, -0.05) is 30.3 Å². The first-order valence-corrected chi connectivity index (χ1v) is 14.0. The van der Waals surface area contributed by atoms with Crippen LogP contribution in [0.2, 0.25) is 0 Å². The van der Waals surface area contributed by atoms with E-state index in [1.54, 1.807) is 0 Å². The Balaban J connectivity index is 2.91. The second kappa shape index (κ2) is 16.4. The number of nitrogens with one attached hydrogen (secondary N) is 3. The van der Waals surface area contributed by atoms with Gasteiger partial charge in [0.25, 0.3) is 0 Å². The molecule has 12 heteroatoms. The summed E-state index contributed by atoms with van der Waals surface area (Å²) in [4.78, 5) is 49.9. The van der Waals surface area contributed by atoms with Crippen LogP contribution in [-0.4, -0.2) is 88.2 Å². The molecule has 0 spiro atoms. The number of carbonyl (C=O) groups excluding carboxylic acids is 3. The van der Waals surface area contributed by atoms with Crippen molar-refractivity contribution in [3.63, 3.8) is 0 Å². The van der Waals surface area contributed by atoms with Crippen LogP contribution in [0.1, 0.15) is 25.3 Å². The lowest BCUT2D eigenvalue weighted by Gasteiger charge is -2.25. The number of nitrogens with two attached hydrogens (primary N) is 1. The van der Waals surface area contributed by atoms with Gasteiger partial charge in [0.1, 0.15) is 12.1 Å². The van der Waals surface area contributed by atoms with Gasteiger partial charge >= 0.3 is 5.97 Å². The van der Waals surface area contributed by atoms with Gasteiger partial charge < -0.3 is 31.9 Å². The predicted molar refractivity (Wildman–Crippen MR) is 139 cm³/mol. The van der Waals surface area contributed by atoms with Gasteiger partial charge in [-0.25, -0.2) is 4.79 Å². The van der Waals surface area contributed by atoms with Crippen LogP contribution >= 0.6 is 23.5 Å². The van der Waals surface area contributed by atoms with Crippen LogP contribution in [-0.2, 0) is 25.6 Å². The van der Waals surface area contributed by atoms with Crippen molar-refractivity contribution in [2.24, 2.45) is 5.73 Å². The number of carboxylic acid groups (broad SMARTS) is 1. The van der Waals surface area contributed by atoms with Gasteiger partial charge in [-0.3, -0.25) is 14.4 Å². The highest BCUT2D eigenvalue weighted by atomic mass is 32.2. The molecule has 0 aromatic heterocycles. The zero-order valence-electron chi connectivity index (χ0n) is 20.2. The summed E-state index contributed by atoms with van der Waals surface area (Å²) >= 11 is 2.96. The number of carboxylic acids is 1. The van der Waals surface area contributed by atoms with Crippen LogP contribution in [0.3, 0.4) is 0 Å². The summed E-state index contributed by atoms with van der Waals surface area (Å²) in [5.74, 6) is -2.06. The molecule has 3 amide bonds. The molecule has 1 aromatic carbocycles. The number of aliphatic hydroxyl groups excluding tert-OH is 1. The van der Waals surface area contributed by atoms with Crippen LogP contribution in [0.5, 0.6) is 0 Å². The van der Waals surface area contributed by atoms with Gasteiger partial charge in [0.15, 0.2) is 6.04 Å². The molecule has 0 fully saturated rings. The van der Waals surface area contributed by atoms with Gasteiger partial charge in [0.2, 0.25) is 17.7 Å². The number of aliphatic carboxylic acids is 1. The summed E-state index contributed by atoms with van der Waals surface area (Å²) < 4.78 is 0. The van der Waals surface area contributed by atoms with E-state index >= 15 is 0 Å². The van der Waals surface area contributed by atoms with Gasteiger partial charge in [0.05, 0.1) is 12.1 Å². The summed E-state index contributed by atoms with van der Waals surface area (Å²) in [6.45, 7) is 1.25. The second-order valence-corrected chi connectivity index (χ2v) is 10.0. The Kier molecular flexibility index (Phi) is 14.4. The summed E-state index contributed by atoms with van der Waals surface area (Å²) in [5, 5.41) is 26.5. The molecule has 35 heavy (non-hydrogen) atoms. The van der Waals surface area contributed by atoms with Gasteiger partial charge in [-0.2, -0.15) is 23.5 Å². The molecule has 7 N–H and O–H groups in total. The lowest BCUT2D eigenvalue weighted by Crippen LogP contribution is -2.58. The summed E-state index contributed by atoms with van der Waals surface area (Å²) in [6.07, 6.45) is 3.24. The van der Waals surface area contributed by atoms with Crippen LogP contribution in [0, 0.1) is 0 Å². The minimum atomic E-state index is -1.51. The third-order valence-electron chi connectivity index (χ3n) is 5.17. The summed E-state index contributed by atoms with van der Waals surface area (Å²) in [5.41, 5.74) is 6.95. The third kappa shape index (κ3) is 11.3. The lowest BCUT2D eigenvalue weighted by molar-refractivity contribution is -0.145. The normalized spacial score (nSPS) is 15.2. The zero-order chi connectivity index (χ0) is 26.4. The molecule has 1 aromatic rings. The highest BCUT2D eigenvalue weighted by Gasteiger charge is 2.31. The molecule has 0 bridgehead atoms. The van der Waals surface area contributed by atoms with E-state index in [1.165, 1.54) is 30.4 Å². The molecule has 0 radical (unpaired) electrons. The van der Waals surface area contributed by atoms with E-state index in [-0.39, 0.29) is 6.42 Å². The van der Waals surface area contributed by atoms with E-state index in [0.29, 0.717) is 24.3 Å². The Hall–Kier alpha value is -2.28. The minimum absolute atomic E-state index is 0.238. The fraction of sp³-hybridized carbons (Fsp3) is 0.565. The number of amides is 3. The maximum Gasteiger partial charge on any atom is 0.328 e. The predicted octanol–water partition coefficient (Wildman–Crippen LogP) is -0.0176. The number of aliphatic hydroxyl groups is 1. The molecule has 0 saturated heterocycles. The number of hydrogen-bond donors (Lipinski definition) is 6. The topological polar surface area (TPSA) is 171 Å². The average Bonchev–Trinajstić information content (AvgIpc) is 2.82. The van der Waals surface area contributed by atoms with Crippen molar-refractivity contribution >= 4 is 47.2 Å². The lowest BCUT2D eigenvalue weighted by atomic mass is 10.1. The molecule has 10 nitrogen and oxygen atoms in total. The maximum atomic E-state index is 13.1. The number of thioether (sulfide) groups is 2. The van der Waals surface area contributed by atoms with E-state index in [2.05, 4.69) is 16.0 Å². The smallest absolute Gasteiger partial charge is 0.328 e. The van der Waals surface area contributed by atoms with Crippen molar-refractivity contribution in [1.82, 2.24) is 16.0 Å². The molecule has 0 heterocycles. The van der Waals surface area contributed by atoms with Crippen LogP contribution in [0.15, 0.2) is 30.3 Å². The fourth-order valence-electron chi connectivity index (χ4n) is 3.16. The Bertz CT molecular complexity index is 827. The minimum Gasteiger partial charge on any atom is -0.480 e. The summed E-state index contributed by atoms with van der Waals surface area (Å²) in [6, 6.07) is 4.94. The van der Waals surface area contributed by atoms with Gasteiger partial charge in [-0.15, -0.1) is 0 Å². The Morgan fingerprint density at radius 1 is 0.886 bits per heavy atom. The standard InChI is InChI=1S/C23H36N4O6S2/c1-14(28)19(23(32)33)27-22(31)18(10-12-35-3)26-21(30)17(9-11-34-2)25-20(29)16(24)13-15-7-5-4-6-8-15/h4-8,14,16-19,28H,9-13,24H2,1-3H3,(H,25,29)(H,26,30)(H,27,31)(H,32,33). The molecule has 0 saturated carbocycles. The second-order valence-electron chi connectivity index (χ2n) is 8.05. The van der Waals surface area contributed by atoms with Crippen molar-refractivity contribution in [2.45, 2.75) is 56.5 Å². The largest absolute Gasteiger partial charge is 0.480 e. The first-order valence-electron chi connectivity index (χ1n) is 11.2. The fourth-order valence-corrected chi connectivity index (χ4v) is 4.11. The molecule has 0 aliphatic carbocycles. The molecule has 196 valence electrons. The van der Waals surface area contributed by atoms with Crippen molar-refractivity contribution in [3.05, 3.63) is 35.9 Å². The Morgan fingerprint density at radius 3 is 1.83 bits per heavy atom. The SMILES string of the molecule is CSCCC(NC(=O)C(N)Cc1ccccc1)C(=O)NC(CCSC)C(=O)NC(C(=O)O)C(C)O. The first-order chi connectivity index (χ1) is 16.6. The van der Waals surface area contributed by atoms with E-state index in [0.717, 1.165) is 5.56 Å². The van der Waals surface area contributed by atoms with E-state index in [1.807, 2.05) is 42.8 Å². The Morgan fingerprint density at radius 2 is 1.37 bits per heavy atom. The van der Waals surface area contributed by atoms with Crippen LogP contribution in [0.4, 0.5) is 0 Å². The molecular formula is C23H36N4O6S2. The zero-order valence-corrected chi connectivity index (χ0v) is 21.9. The van der Waals surface area contributed by atoms with Gasteiger partial charge in [-0.05, 0) is 55.8 Å². The van der Waals surface area contributed by atoms with Crippen LogP contribution < -0.4 is 21.7 Å². The van der Waals surface area contributed by atoms with Crippen LogP contribution in [0.25, 0.3) is 0 Å². The number of hydrogen-bond acceptors (Lipinski definition) is 8. The molecular weight excluding hydrogens is 492 g/mol. The average molecular weight is 529 g/mol. The van der Waals surface area contributed by atoms with E-state index < -0.39 is 54.0 Å². The quantitative estimate of drug-likeness (QED) is 0.173. The van der Waals surface area contributed by atoms with E-state index in [9.17, 15) is 29.4 Å². The van der Waals surface area contributed by atoms with Crippen molar-refractivity contribution in [3.8, 4) is 0 Å². The van der Waals surface area contributed by atoms with E-state index in [4.69, 9.17) is 5.73 Å². The van der Waals surface area contributed by atoms with Crippen molar-refractivity contribution < 1.29 is 29.4 Å². The van der Waals surface area contributed by atoms with Crippen molar-refractivity contribution in [2.75, 3.05) is 24.0 Å². The molecule has 1 rings (SSSR count). The highest BCUT2D eigenvalue weighted by Crippen LogP contribution is 2.07. The monoisotopic (exact) mass is 528 g/mol. The Labute approximate surface area is 214 Å². The summed E-state index contributed by atoms with van der Waals surface area (Å²) in [7, 11) is 0. The number of benzene rings is 1. The van der Waals surface area contributed by atoms with Crippen molar-refractivity contribution in [1.29, 1.82) is 0 Å². The maximum absolute atomic E-state index is 13.1.